The molecule has 2 saturated heterocycles. The zero-order valence-corrected chi connectivity index (χ0v) is 26.4. The van der Waals surface area contributed by atoms with Crippen LogP contribution in [0.15, 0.2) is 64.8 Å². The van der Waals surface area contributed by atoms with Crippen LogP contribution in [-0.4, -0.2) is 77.9 Å². The van der Waals surface area contributed by atoms with Crippen LogP contribution in [0.2, 0.25) is 0 Å². The molecule has 2 aliphatic rings. The molecule has 252 valence electrons. The van der Waals surface area contributed by atoms with Crippen LogP contribution >= 0.6 is 0 Å². The Morgan fingerprint density at radius 2 is 1.77 bits per heavy atom. The molecule has 0 bridgehead atoms. The molecular weight excluding hydrogens is 661 g/mol. The minimum absolute atomic E-state index is 0.0954. The normalized spacial score (nSPS) is 17.4. The van der Waals surface area contributed by atoms with Crippen molar-refractivity contribution in [2.75, 3.05) is 37.7 Å². The second-order valence-electron chi connectivity index (χ2n) is 11.6. The lowest BCUT2D eigenvalue weighted by molar-refractivity contribution is -0.137. The number of aromatic nitrogens is 3. The molecule has 0 radical (unpaired) electrons. The number of aryl methyl sites for hydroxylation is 1. The zero-order valence-electron chi connectivity index (χ0n) is 25.6. The number of amides is 1. The summed E-state index contributed by atoms with van der Waals surface area (Å²) in [5.41, 5.74) is -5.19. The summed E-state index contributed by atoms with van der Waals surface area (Å²) in [6.07, 6.45) is -3.96. The van der Waals surface area contributed by atoms with Crippen molar-refractivity contribution in [1.29, 1.82) is 0 Å². The summed E-state index contributed by atoms with van der Waals surface area (Å²) >= 11 is 0. The highest BCUT2D eigenvalue weighted by Crippen LogP contribution is 2.40. The Morgan fingerprint density at radius 3 is 2.40 bits per heavy atom. The minimum Gasteiger partial charge on any atom is -0.379 e. The van der Waals surface area contributed by atoms with E-state index in [1.165, 1.54) is 30.0 Å². The number of ether oxygens (including phenoxy) is 1. The number of benzene rings is 2. The van der Waals surface area contributed by atoms with E-state index >= 15 is 8.78 Å². The molecule has 0 saturated carbocycles. The number of carbonyl (C=O) groups is 1. The monoisotopic (exact) mass is 689 g/mol. The number of hydrogen-bond acceptors (Lipinski definition) is 8. The maximum atomic E-state index is 16.0. The van der Waals surface area contributed by atoms with Crippen LogP contribution in [-0.2, 0) is 25.5 Å². The Balaban J connectivity index is 1.68. The van der Waals surface area contributed by atoms with Gasteiger partial charge in [0.05, 0.1) is 40.3 Å². The molecule has 0 N–H and O–H groups in total. The average molecular weight is 690 g/mol. The van der Waals surface area contributed by atoms with Crippen molar-refractivity contribution >= 4 is 32.6 Å². The van der Waals surface area contributed by atoms with Gasteiger partial charge in [-0.15, -0.1) is 0 Å². The molecule has 4 heterocycles. The van der Waals surface area contributed by atoms with Gasteiger partial charge in [-0.25, -0.2) is 31.5 Å². The number of nitrogens with zero attached hydrogens (tertiary/aromatic N) is 5. The maximum Gasteiger partial charge on any atom is 0.417 e. The van der Waals surface area contributed by atoms with E-state index < -0.39 is 67.1 Å². The van der Waals surface area contributed by atoms with E-state index in [4.69, 9.17) is 4.74 Å². The van der Waals surface area contributed by atoms with E-state index in [1.807, 2.05) is 0 Å². The van der Waals surface area contributed by atoms with Gasteiger partial charge in [-0.1, -0.05) is 24.8 Å². The lowest BCUT2D eigenvalue weighted by Crippen LogP contribution is -2.54. The highest BCUT2D eigenvalue weighted by molar-refractivity contribution is 7.92. The Bertz CT molecular complexity index is 2150. The summed E-state index contributed by atoms with van der Waals surface area (Å²) in [7, 11) is -4.13. The largest absolute Gasteiger partial charge is 0.417 e. The molecule has 0 unspecified atom stereocenters. The van der Waals surface area contributed by atoms with Crippen LogP contribution in [0.1, 0.15) is 18.1 Å². The Kier molecular flexibility index (Phi) is 8.35. The number of carbonyl (C=O) groups excluding carboxylic acids is 1. The third-order valence-electron chi connectivity index (χ3n) is 8.52. The number of para-hydroxylation sites is 1. The molecule has 4 aromatic rings. The summed E-state index contributed by atoms with van der Waals surface area (Å²) < 4.78 is 107. The summed E-state index contributed by atoms with van der Waals surface area (Å²) in [6, 6.07) is 6.68. The van der Waals surface area contributed by atoms with Crippen molar-refractivity contribution in [3.05, 3.63) is 88.4 Å². The first kappa shape index (κ1) is 33.2. The fourth-order valence-corrected chi connectivity index (χ4v) is 7.72. The fourth-order valence-electron chi connectivity index (χ4n) is 6.02. The highest BCUT2D eigenvalue weighted by atomic mass is 32.2. The van der Waals surface area contributed by atoms with Gasteiger partial charge in [-0.3, -0.25) is 4.79 Å². The Hall–Kier alpha value is -4.70. The van der Waals surface area contributed by atoms with E-state index in [0.29, 0.717) is 6.07 Å². The van der Waals surface area contributed by atoms with Crippen LogP contribution in [0, 0.1) is 18.6 Å². The average Bonchev–Trinajstić information content (AvgIpc) is 2.99. The van der Waals surface area contributed by atoms with E-state index in [-0.39, 0.29) is 66.1 Å². The summed E-state index contributed by atoms with van der Waals surface area (Å²) in [6.45, 7) is 6.99. The van der Waals surface area contributed by atoms with E-state index in [0.717, 1.165) is 28.8 Å². The third kappa shape index (κ3) is 5.51. The van der Waals surface area contributed by atoms with E-state index in [9.17, 15) is 31.2 Å². The van der Waals surface area contributed by atoms with Crippen molar-refractivity contribution < 1.29 is 39.9 Å². The molecule has 16 heteroatoms. The van der Waals surface area contributed by atoms with E-state index in [2.05, 4.69) is 16.5 Å². The van der Waals surface area contributed by atoms with E-state index in [1.54, 1.807) is 11.8 Å². The summed E-state index contributed by atoms with van der Waals surface area (Å²) in [5, 5.41) is -1.09. The topological polar surface area (TPSA) is 115 Å². The summed E-state index contributed by atoms with van der Waals surface area (Å²) in [5.74, 6) is -3.19. The van der Waals surface area contributed by atoms with Crippen molar-refractivity contribution in [1.82, 2.24) is 19.4 Å². The molecule has 1 atom stereocenters. The molecule has 10 nitrogen and oxygen atoms in total. The predicted molar refractivity (Wildman–Crippen MR) is 166 cm³/mol. The highest BCUT2D eigenvalue weighted by Gasteiger charge is 2.39. The van der Waals surface area contributed by atoms with Crippen LogP contribution in [0.3, 0.4) is 0 Å². The number of hydrogen-bond donors (Lipinski definition) is 0. The molecule has 0 aliphatic carbocycles. The number of fused-ring (bicyclic) bond motifs is 1. The van der Waals surface area contributed by atoms with Gasteiger partial charge < -0.3 is 14.5 Å². The maximum absolute atomic E-state index is 16.0. The van der Waals surface area contributed by atoms with Gasteiger partial charge >= 0.3 is 11.9 Å². The lowest BCUT2D eigenvalue weighted by Gasteiger charge is -2.40. The van der Waals surface area contributed by atoms with Crippen molar-refractivity contribution in [2.45, 2.75) is 36.2 Å². The molecule has 2 aromatic heterocycles. The minimum atomic E-state index is -5.11. The second-order valence-corrected chi connectivity index (χ2v) is 13.8. The van der Waals surface area contributed by atoms with Gasteiger partial charge in [-0.05, 0) is 49.8 Å². The third-order valence-corrected chi connectivity index (χ3v) is 10.6. The summed E-state index contributed by atoms with van der Waals surface area (Å²) in [4.78, 5) is 37.6. The van der Waals surface area contributed by atoms with Crippen LogP contribution in [0.5, 0.6) is 0 Å². The SMILES string of the molecule is C=CC(=O)N1CCN(c2nc(=O)n(-c3c(C)cccc3S(=O)(=O)C3COC3)c3nc(-c4c(F)cccc4C(F)(F)F)c(F)cc23)[C@@H](C)C1. The van der Waals surface area contributed by atoms with Gasteiger partial charge in [0.1, 0.15) is 22.6 Å². The molecule has 2 aliphatic heterocycles. The molecule has 1 amide bonds. The lowest BCUT2D eigenvalue weighted by atomic mass is 10.0. The van der Waals surface area contributed by atoms with Crippen LogP contribution < -0.4 is 10.6 Å². The van der Waals surface area contributed by atoms with Crippen molar-refractivity contribution in [3.63, 3.8) is 0 Å². The van der Waals surface area contributed by atoms with Crippen molar-refractivity contribution in [3.8, 4) is 16.9 Å². The van der Waals surface area contributed by atoms with Gasteiger partial charge in [0.15, 0.2) is 21.3 Å². The fraction of sp³-hybridized carbons (Fsp3) is 0.312. The molecular formula is C32H28F5N5O5S. The smallest absolute Gasteiger partial charge is 0.379 e. The number of piperazine rings is 1. The molecule has 2 fully saturated rings. The first-order valence-electron chi connectivity index (χ1n) is 14.7. The quantitative estimate of drug-likeness (QED) is 0.216. The molecule has 6 rings (SSSR count). The van der Waals surface area contributed by atoms with Gasteiger partial charge in [0.2, 0.25) is 5.91 Å². The van der Waals surface area contributed by atoms with Gasteiger partial charge in [-0.2, -0.15) is 18.2 Å². The first-order valence-corrected chi connectivity index (χ1v) is 16.3. The van der Waals surface area contributed by atoms with Crippen LogP contribution in [0.25, 0.3) is 28.0 Å². The predicted octanol–water partition coefficient (Wildman–Crippen LogP) is 4.45. The molecule has 2 aromatic carbocycles. The standard InChI is InChI=1S/C32H28F5N5O5S/c1-4-25(43)40-11-12-41(18(3)14-40)29-20-13-23(34)27(26-21(32(35,36)37)8-6-9-22(26)33)38-30(20)42(31(44)39-29)28-17(2)7-5-10-24(28)48(45,46)19-15-47-16-19/h4-10,13,18-19H,1,11-12,14-16H2,2-3H3/t18-/m0/s1. The number of sulfone groups is 1. The van der Waals surface area contributed by atoms with Crippen molar-refractivity contribution in [2.24, 2.45) is 0 Å². The Morgan fingerprint density at radius 1 is 1.06 bits per heavy atom. The number of halogens is 5. The number of alkyl halides is 3. The molecule has 48 heavy (non-hydrogen) atoms. The zero-order chi connectivity index (χ0) is 34.7. The number of rotatable bonds is 6. The Labute approximate surface area is 271 Å². The first-order chi connectivity index (χ1) is 22.6. The molecule has 0 spiro atoms. The van der Waals surface area contributed by atoms with Gasteiger partial charge in [0.25, 0.3) is 0 Å². The number of pyridine rings is 1. The van der Waals surface area contributed by atoms with Gasteiger partial charge in [0, 0.05) is 25.7 Å². The van der Waals surface area contributed by atoms with Crippen LogP contribution in [0.4, 0.5) is 27.8 Å². The second kappa shape index (κ2) is 12.1. The number of anilines is 1.